The quantitative estimate of drug-likeness (QED) is 0.274. The largest absolute Gasteiger partial charge is 0.467 e. The minimum atomic E-state index is -3.01. The second-order valence-corrected chi connectivity index (χ2v) is 8.98. The molecule has 0 aliphatic carbocycles. The predicted octanol–water partition coefficient (Wildman–Crippen LogP) is 5.52. The number of thiol groups is 1. The molecule has 0 amide bonds. The van der Waals surface area contributed by atoms with Crippen molar-refractivity contribution in [2.75, 3.05) is 18.5 Å². The van der Waals surface area contributed by atoms with Crippen molar-refractivity contribution in [3.05, 3.63) is 102 Å². The van der Waals surface area contributed by atoms with Gasteiger partial charge < -0.3 is 9.47 Å². The molecule has 0 bridgehead atoms. The Kier molecular flexibility index (Phi) is 7.19. The van der Waals surface area contributed by atoms with E-state index in [9.17, 15) is 13.2 Å². The maximum absolute atomic E-state index is 12.5. The molecule has 0 N–H and O–H groups in total. The molecule has 4 aromatic rings. The van der Waals surface area contributed by atoms with E-state index in [1.54, 1.807) is 24.3 Å². The van der Waals surface area contributed by atoms with Crippen LogP contribution in [0.4, 0.5) is 11.4 Å². The van der Waals surface area contributed by atoms with Crippen LogP contribution in [-0.2, 0) is 25.2 Å². The fourth-order valence-corrected chi connectivity index (χ4v) is 4.92. The van der Waals surface area contributed by atoms with Gasteiger partial charge in [-0.05, 0) is 65.3 Å². The van der Waals surface area contributed by atoms with Gasteiger partial charge >= 0.3 is 5.97 Å². The van der Waals surface area contributed by atoms with Gasteiger partial charge in [0.1, 0.15) is 0 Å². The maximum atomic E-state index is 12.5. The van der Waals surface area contributed by atoms with E-state index >= 15 is 0 Å². The summed E-state index contributed by atoms with van der Waals surface area (Å²) in [6.07, 6.45) is -0.893. The predicted molar refractivity (Wildman–Crippen MR) is 139 cm³/mol. The van der Waals surface area contributed by atoms with Crippen molar-refractivity contribution in [2.45, 2.75) is 13.0 Å². The average molecular weight is 489 g/mol. The van der Waals surface area contributed by atoms with Gasteiger partial charge in [-0.2, -0.15) is 0 Å². The molecule has 1 radical (unpaired) electrons. The fourth-order valence-electron chi connectivity index (χ4n) is 4.25. The third-order valence-corrected chi connectivity index (χ3v) is 6.75. The number of fused-ring (bicyclic) bond motifs is 1. The first-order chi connectivity index (χ1) is 16.8. The van der Waals surface area contributed by atoms with Crippen LogP contribution in [0.1, 0.15) is 22.8 Å². The molecule has 4 rings (SSSR count). The lowest BCUT2D eigenvalue weighted by atomic mass is 9.93. The van der Waals surface area contributed by atoms with E-state index in [1.165, 1.54) is 18.5 Å². The van der Waals surface area contributed by atoms with Gasteiger partial charge in [-0.15, -0.1) is 0 Å². The Morgan fingerprint density at radius 1 is 0.886 bits per heavy atom. The summed E-state index contributed by atoms with van der Waals surface area (Å²) in [4.78, 5) is 12.0. The highest BCUT2D eigenvalue weighted by Gasteiger charge is 2.22. The number of aryl methyl sites for hydroxylation is 1. The average Bonchev–Trinajstić information content (AvgIpc) is 2.87. The molecular weight excluding hydrogens is 462 g/mol. The number of carbonyl (C=O) groups excluding carboxylic acids is 1. The number of methoxy groups -OCH3 is 2. The molecule has 0 heterocycles. The lowest BCUT2D eigenvalue weighted by Gasteiger charge is -2.22. The van der Waals surface area contributed by atoms with Crippen LogP contribution in [0.25, 0.3) is 21.9 Å². The topological polar surface area (TPSA) is 72.9 Å². The Bertz CT molecular complexity index is 1450. The van der Waals surface area contributed by atoms with Crippen LogP contribution in [-0.4, -0.2) is 28.6 Å². The van der Waals surface area contributed by atoms with Crippen LogP contribution in [0.3, 0.4) is 0 Å². The van der Waals surface area contributed by atoms with E-state index < -0.39 is 23.0 Å². The second-order valence-electron chi connectivity index (χ2n) is 8.11. The maximum Gasteiger partial charge on any atom is 0.339 e. The summed E-state index contributed by atoms with van der Waals surface area (Å²) < 4.78 is 36.3. The molecule has 0 aromatic heterocycles. The summed E-state index contributed by atoms with van der Waals surface area (Å²) in [6, 6.07) is 24.1. The van der Waals surface area contributed by atoms with Gasteiger partial charge in [0.2, 0.25) is 10.9 Å². The zero-order valence-corrected chi connectivity index (χ0v) is 20.6. The van der Waals surface area contributed by atoms with Crippen molar-refractivity contribution in [3.8, 4) is 11.1 Å². The van der Waals surface area contributed by atoms with Crippen molar-refractivity contribution < 1.29 is 22.7 Å². The van der Waals surface area contributed by atoms with Crippen LogP contribution in [0.15, 0.2) is 78.9 Å². The van der Waals surface area contributed by atoms with E-state index in [2.05, 4.69) is 6.92 Å². The Hall–Kier alpha value is -3.68. The molecular formula is C28H26NO5S. The zero-order valence-electron chi connectivity index (χ0n) is 19.7. The highest BCUT2D eigenvalue weighted by Crippen LogP contribution is 2.39. The first kappa shape index (κ1) is 24.4. The smallest absolute Gasteiger partial charge is 0.339 e. The molecule has 0 saturated carbocycles. The van der Waals surface area contributed by atoms with Crippen LogP contribution < -0.4 is 4.31 Å². The molecule has 0 unspecified atom stereocenters. The van der Waals surface area contributed by atoms with Crippen LogP contribution >= 0.6 is 0 Å². The van der Waals surface area contributed by atoms with Gasteiger partial charge in [0.15, 0.2) is 6.10 Å². The molecule has 0 aliphatic rings. The first-order valence-corrected chi connectivity index (χ1v) is 12.1. The van der Waals surface area contributed by atoms with Crippen LogP contribution in [0.2, 0.25) is 0 Å². The molecule has 7 heteroatoms. The molecule has 0 spiro atoms. The molecule has 179 valence electrons. The molecule has 0 saturated heterocycles. The summed E-state index contributed by atoms with van der Waals surface area (Å²) in [7, 11) is -0.308. The minimum Gasteiger partial charge on any atom is -0.467 e. The van der Waals surface area contributed by atoms with Gasteiger partial charge in [0.25, 0.3) is 0 Å². The highest BCUT2D eigenvalue weighted by atomic mass is 32.2. The number of benzene rings is 4. The number of carbonyl (C=O) groups is 1. The summed E-state index contributed by atoms with van der Waals surface area (Å²) in [6.45, 7) is 6.10. The van der Waals surface area contributed by atoms with Gasteiger partial charge in [-0.25, -0.2) is 17.5 Å². The number of hydrogen-bond acceptors (Lipinski definition) is 5. The second kappa shape index (κ2) is 10.3. The van der Waals surface area contributed by atoms with Crippen molar-refractivity contribution in [1.82, 2.24) is 0 Å². The van der Waals surface area contributed by atoms with Crippen molar-refractivity contribution in [1.29, 1.82) is 0 Å². The lowest BCUT2D eigenvalue weighted by Crippen LogP contribution is -2.17. The fraction of sp³-hybridized carbons (Fsp3) is 0.143. The SMILES string of the molecule is [CH2]c1ccc(C)c(-c2ccc(N(c3ccc([C@H](OC)C(=O)OC)cc3)[SH](=O)=O)c3ccccc23)c1. The summed E-state index contributed by atoms with van der Waals surface area (Å²) in [5, 5.41) is 1.73. The standard InChI is InChI=1S/C28H26NO5S/c1-18-9-10-19(2)25(17-18)23-15-16-26(24-8-6-5-7-22(23)24)29(35(31)32)21-13-11-20(12-14-21)27(33-3)28(30)34-4/h5-17,27,35H,1H2,2-4H3/t27-/m0/s1. The van der Waals surface area contributed by atoms with Crippen molar-refractivity contribution >= 4 is 39.0 Å². The van der Waals surface area contributed by atoms with Gasteiger partial charge in [0.05, 0.1) is 18.5 Å². The molecule has 1 atom stereocenters. The summed E-state index contributed by atoms with van der Waals surface area (Å²) in [5.74, 6) is -0.532. The number of nitrogens with zero attached hydrogens (tertiary/aromatic N) is 1. The van der Waals surface area contributed by atoms with Crippen LogP contribution in [0.5, 0.6) is 0 Å². The van der Waals surface area contributed by atoms with E-state index in [1.807, 2.05) is 61.5 Å². The molecule has 6 nitrogen and oxygen atoms in total. The molecule has 0 aliphatic heterocycles. The molecule has 35 heavy (non-hydrogen) atoms. The Labute approximate surface area is 206 Å². The van der Waals surface area contributed by atoms with E-state index in [4.69, 9.17) is 9.47 Å². The number of ether oxygens (including phenoxy) is 2. The molecule has 4 aromatic carbocycles. The Morgan fingerprint density at radius 3 is 2.20 bits per heavy atom. The number of rotatable bonds is 7. The third-order valence-electron chi connectivity index (χ3n) is 5.98. The zero-order chi connectivity index (χ0) is 25.1. The molecule has 0 fully saturated rings. The number of anilines is 2. The normalized spacial score (nSPS) is 12.0. The number of hydrogen-bond donors (Lipinski definition) is 1. The van der Waals surface area contributed by atoms with Crippen molar-refractivity contribution in [2.24, 2.45) is 0 Å². The van der Waals surface area contributed by atoms with Gasteiger partial charge in [0, 0.05) is 12.5 Å². The van der Waals surface area contributed by atoms with E-state index in [0.29, 0.717) is 16.9 Å². The van der Waals surface area contributed by atoms with E-state index in [0.717, 1.165) is 33.0 Å². The first-order valence-electron chi connectivity index (χ1n) is 11.0. The summed E-state index contributed by atoms with van der Waals surface area (Å²) >= 11 is 0. The highest BCUT2D eigenvalue weighted by molar-refractivity contribution is 7.74. The van der Waals surface area contributed by atoms with Crippen LogP contribution in [0, 0.1) is 13.8 Å². The van der Waals surface area contributed by atoms with Gasteiger partial charge in [-0.3, -0.25) is 0 Å². The Morgan fingerprint density at radius 2 is 1.57 bits per heavy atom. The van der Waals surface area contributed by atoms with E-state index in [-0.39, 0.29) is 0 Å². The monoisotopic (exact) mass is 488 g/mol. The third kappa shape index (κ3) is 4.78. The van der Waals surface area contributed by atoms with Crippen molar-refractivity contribution in [3.63, 3.8) is 0 Å². The number of esters is 1. The Balaban J connectivity index is 1.84. The van der Waals surface area contributed by atoms with Gasteiger partial charge in [-0.1, -0.05) is 60.7 Å². The lowest BCUT2D eigenvalue weighted by molar-refractivity contribution is -0.152. The minimum absolute atomic E-state index is 0.443. The summed E-state index contributed by atoms with van der Waals surface area (Å²) in [5.41, 5.74) is 5.61.